The molecule has 0 radical (unpaired) electrons. The fraction of sp³-hybridized carbons (Fsp3) is 0.714. The second-order valence-electron chi connectivity index (χ2n) is 2.73. The predicted octanol–water partition coefficient (Wildman–Crippen LogP) is 3.20. The van der Waals surface area contributed by atoms with E-state index in [1.165, 1.54) is 0 Å². The third-order valence-corrected chi connectivity index (χ3v) is 1.74. The maximum atomic E-state index is 11.0. The molecule has 0 rings (SSSR count). The van der Waals surface area contributed by atoms with Gasteiger partial charge in [-0.25, -0.2) is 0 Å². The summed E-state index contributed by atoms with van der Waals surface area (Å²) in [4.78, 5) is 22.1. The lowest BCUT2D eigenvalue weighted by Gasteiger charge is -2.12. The number of halogens is 6. The van der Waals surface area contributed by atoms with Crippen molar-refractivity contribution in [1.82, 2.24) is 0 Å². The molecule has 0 aromatic carbocycles. The van der Waals surface area contributed by atoms with Crippen LogP contribution in [-0.4, -0.2) is 32.7 Å². The Hall–Kier alpha value is 0.680. The molecule has 0 atom stereocenters. The van der Waals surface area contributed by atoms with Crippen LogP contribution in [0.4, 0.5) is 0 Å². The Morgan fingerprint density at radius 2 is 1.06 bits per heavy atom. The summed E-state index contributed by atoms with van der Waals surface area (Å²) >= 11 is 31.9. The lowest BCUT2D eigenvalue weighted by atomic mass is 10.4. The van der Waals surface area contributed by atoms with Crippen molar-refractivity contribution in [2.24, 2.45) is 0 Å². The van der Waals surface area contributed by atoms with Crippen LogP contribution in [0, 0.1) is 0 Å². The smallest absolute Gasteiger partial charge is 0.317 e. The van der Waals surface area contributed by atoms with Crippen molar-refractivity contribution < 1.29 is 19.1 Å². The van der Waals surface area contributed by atoms with Crippen LogP contribution in [0.5, 0.6) is 0 Å². The minimum absolute atomic E-state index is 0.478. The summed E-state index contributed by atoms with van der Waals surface area (Å²) in [6, 6.07) is 0. The van der Waals surface area contributed by atoms with Crippen LogP contribution in [0.1, 0.15) is 6.42 Å². The molecule has 0 bridgehead atoms. The molecule has 10 heteroatoms. The van der Waals surface area contributed by atoms with Crippen molar-refractivity contribution in [1.29, 1.82) is 0 Å². The second-order valence-corrected chi connectivity index (χ2v) is 7.76. The highest BCUT2D eigenvalue weighted by Crippen LogP contribution is 2.27. The van der Waals surface area contributed by atoms with E-state index >= 15 is 0 Å². The van der Waals surface area contributed by atoms with E-state index in [1.807, 2.05) is 0 Å². The van der Waals surface area contributed by atoms with Crippen molar-refractivity contribution in [3.8, 4) is 0 Å². The molecule has 0 heterocycles. The van der Waals surface area contributed by atoms with E-state index in [4.69, 9.17) is 69.6 Å². The van der Waals surface area contributed by atoms with Crippen LogP contribution < -0.4 is 0 Å². The zero-order valence-corrected chi connectivity index (χ0v) is 12.6. The van der Waals surface area contributed by atoms with Gasteiger partial charge in [-0.3, -0.25) is 9.59 Å². The van der Waals surface area contributed by atoms with Gasteiger partial charge in [-0.05, 0) is 0 Å². The molecule has 100 valence electrons. The summed E-state index contributed by atoms with van der Waals surface area (Å²) in [5.41, 5.74) is 0. The number of hydrogen-bond acceptors (Lipinski definition) is 4. The van der Waals surface area contributed by atoms with Crippen molar-refractivity contribution >= 4 is 81.5 Å². The maximum Gasteiger partial charge on any atom is 0.317 e. The van der Waals surface area contributed by atoms with Gasteiger partial charge < -0.3 is 9.47 Å². The summed E-state index contributed by atoms with van der Waals surface area (Å²) in [6.45, 7) is -0.956. The van der Waals surface area contributed by atoms with Crippen molar-refractivity contribution in [3.63, 3.8) is 0 Å². The van der Waals surface area contributed by atoms with Crippen LogP contribution in [0.25, 0.3) is 0 Å². The Balaban J connectivity index is 3.86. The summed E-state index contributed by atoms with van der Waals surface area (Å²) in [7, 11) is 0. The van der Waals surface area contributed by atoms with Crippen molar-refractivity contribution in [3.05, 3.63) is 0 Å². The number of ether oxygens (including phenoxy) is 2. The Morgan fingerprint density at radius 1 is 0.765 bits per heavy atom. The van der Waals surface area contributed by atoms with E-state index in [0.29, 0.717) is 0 Å². The van der Waals surface area contributed by atoms with Gasteiger partial charge in [-0.1, -0.05) is 69.6 Å². The summed E-state index contributed by atoms with van der Waals surface area (Å²) in [6.07, 6.45) is -0.665. The van der Waals surface area contributed by atoms with Crippen LogP contribution in [0.15, 0.2) is 0 Å². The highest BCUT2D eigenvalue weighted by Gasteiger charge is 2.25. The van der Waals surface area contributed by atoms with Crippen LogP contribution in [-0.2, 0) is 19.1 Å². The minimum atomic E-state index is -1.74. The largest absolute Gasteiger partial charge is 0.461 e. The number of rotatable bonds is 4. The van der Waals surface area contributed by atoms with Gasteiger partial charge in [-0.15, -0.1) is 0 Å². The fourth-order valence-corrected chi connectivity index (χ4v) is 0.872. The van der Waals surface area contributed by atoms with E-state index < -0.39 is 39.2 Å². The SMILES string of the molecule is O=C(CC(=O)OCC(Cl)(Cl)Cl)OCC(Cl)(Cl)Cl. The van der Waals surface area contributed by atoms with Gasteiger partial charge in [0.1, 0.15) is 19.6 Å². The molecule has 0 aliphatic carbocycles. The minimum Gasteiger partial charge on any atom is -0.461 e. The topological polar surface area (TPSA) is 52.6 Å². The van der Waals surface area contributed by atoms with Gasteiger partial charge in [0.25, 0.3) is 0 Å². The van der Waals surface area contributed by atoms with Gasteiger partial charge in [0.05, 0.1) is 0 Å². The van der Waals surface area contributed by atoms with Crippen molar-refractivity contribution in [2.45, 2.75) is 14.0 Å². The monoisotopic (exact) mass is 364 g/mol. The zero-order chi connectivity index (χ0) is 13.7. The first kappa shape index (κ1) is 17.7. The van der Waals surface area contributed by atoms with Crippen molar-refractivity contribution in [2.75, 3.05) is 13.2 Å². The number of carbonyl (C=O) groups excluding carboxylic acids is 2. The zero-order valence-electron chi connectivity index (χ0n) is 8.02. The molecule has 0 unspecified atom stereocenters. The first-order chi connectivity index (χ1) is 7.49. The number of esters is 2. The number of alkyl halides is 6. The Bertz CT molecular complexity index is 253. The lowest BCUT2D eigenvalue weighted by Crippen LogP contribution is -2.22. The normalized spacial score (nSPS) is 12.1. The molecular formula is C7H6Cl6O4. The Labute approximate surface area is 127 Å². The molecule has 0 aromatic heterocycles. The van der Waals surface area contributed by atoms with Gasteiger partial charge in [0.15, 0.2) is 0 Å². The Morgan fingerprint density at radius 3 is 1.29 bits per heavy atom. The molecule has 0 amide bonds. The van der Waals surface area contributed by atoms with Gasteiger partial charge in [-0.2, -0.15) is 0 Å². The van der Waals surface area contributed by atoms with Crippen LogP contribution >= 0.6 is 69.6 Å². The van der Waals surface area contributed by atoms with Crippen LogP contribution in [0.2, 0.25) is 0 Å². The van der Waals surface area contributed by atoms with E-state index in [9.17, 15) is 9.59 Å². The van der Waals surface area contributed by atoms with Gasteiger partial charge in [0.2, 0.25) is 7.59 Å². The first-order valence-corrected chi connectivity index (χ1v) is 6.21. The third kappa shape index (κ3) is 12.9. The van der Waals surface area contributed by atoms with E-state index in [-0.39, 0.29) is 0 Å². The summed E-state index contributed by atoms with van der Waals surface area (Å²) in [5.74, 6) is -1.82. The second kappa shape index (κ2) is 7.31. The van der Waals surface area contributed by atoms with Gasteiger partial charge in [0, 0.05) is 0 Å². The quantitative estimate of drug-likeness (QED) is 0.435. The standard InChI is InChI=1S/C7H6Cl6O4/c8-6(9,10)2-16-4(14)1-5(15)17-3-7(11,12)13/h1-3H2. The highest BCUT2D eigenvalue weighted by molar-refractivity contribution is 6.68. The molecule has 0 aromatic rings. The van der Waals surface area contributed by atoms with Gasteiger partial charge >= 0.3 is 11.9 Å². The maximum absolute atomic E-state index is 11.0. The molecule has 0 aliphatic heterocycles. The fourth-order valence-electron chi connectivity index (χ4n) is 0.545. The number of hydrogen-bond donors (Lipinski definition) is 0. The van der Waals surface area contributed by atoms with Crippen LogP contribution in [0.3, 0.4) is 0 Å². The average Bonchev–Trinajstić information content (AvgIpc) is 2.09. The molecule has 0 aliphatic rings. The molecule has 0 saturated carbocycles. The third-order valence-electron chi connectivity index (χ3n) is 1.08. The average molecular weight is 367 g/mol. The summed E-state index contributed by atoms with van der Waals surface area (Å²) in [5, 5.41) is 0. The predicted molar refractivity (Wildman–Crippen MR) is 67.1 cm³/mol. The van der Waals surface area contributed by atoms with E-state index in [1.54, 1.807) is 0 Å². The highest BCUT2D eigenvalue weighted by atomic mass is 35.6. The van der Waals surface area contributed by atoms with E-state index in [0.717, 1.165) is 0 Å². The molecule has 17 heavy (non-hydrogen) atoms. The molecule has 0 spiro atoms. The molecular weight excluding hydrogens is 361 g/mol. The molecule has 0 N–H and O–H groups in total. The number of carbonyl (C=O) groups is 2. The van der Waals surface area contributed by atoms with E-state index in [2.05, 4.69) is 9.47 Å². The summed E-state index contributed by atoms with van der Waals surface area (Å²) < 4.78 is 5.47. The lowest BCUT2D eigenvalue weighted by molar-refractivity contribution is -0.154. The Kier molecular flexibility index (Phi) is 7.61. The molecule has 4 nitrogen and oxygen atoms in total. The first-order valence-electron chi connectivity index (χ1n) is 3.94. The molecule has 0 saturated heterocycles. The molecule has 0 fully saturated rings.